The highest BCUT2D eigenvalue weighted by Gasteiger charge is 2.24. The molecule has 0 aliphatic heterocycles. The molecule has 2 aromatic rings. The van der Waals surface area contributed by atoms with Crippen LogP contribution in [0.4, 0.5) is 0 Å². The Morgan fingerprint density at radius 3 is 2.76 bits per heavy atom. The fourth-order valence-corrected chi connectivity index (χ4v) is 2.37. The van der Waals surface area contributed by atoms with Gasteiger partial charge < -0.3 is 14.6 Å². The molecule has 112 valence electrons. The van der Waals surface area contributed by atoms with E-state index in [2.05, 4.69) is 4.98 Å². The first kappa shape index (κ1) is 15.0. The number of carboxylic acid groups (broad SMARTS) is 1. The third-order valence-electron chi connectivity index (χ3n) is 3.63. The van der Waals surface area contributed by atoms with Crippen LogP contribution in [0.2, 0.25) is 0 Å². The van der Waals surface area contributed by atoms with Gasteiger partial charge in [-0.2, -0.15) is 0 Å². The third-order valence-corrected chi connectivity index (χ3v) is 3.63. The zero-order chi connectivity index (χ0) is 15.4. The van der Waals surface area contributed by atoms with E-state index in [9.17, 15) is 9.59 Å². The zero-order valence-electron chi connectivity index (χ0n) is 12.2. The van der Waals surface area contributed by atoms with Crippen molar-refractivity contribution in [1.29, 1.82) is 0 Å². The molecule has 1 N–H and O–H groups in total. The Balaban J connectivity index is 2.02. The van der Waals surface area contributed by atoms with Gasteiger partial charge in [0.25, 0.3) is 0 Å². The number of aromatic nitrogens is 2. The van der Waals surface area contributed by atoms with E-state index in [1.165, 1.54) is 11.9 Å². The Hall–Kier alpha value is -2.37. The fraction of sp³-hybridized carbons (Fsp3) is 0.400. The van der Waals surface area contributed by atoms with Crippen LogP contribution in [0.15, 0.2) is 30.6 Å². The number of carbonyl (C=O) groups excluding carboxylic acids is 1. The normalized spacial score (nSPS) is 12.3. The maximum absolute atomic E-state index is 12.1. The van der Waals surface area contributed by atoms with Crippen molar-refractivity contribution >= 4 is 22.9 Å². The Kier molecular flexibility index (Phi) is 4.57. The maximum Gasteiger partial charge on any atom is 0.326 e. The Morgan fingerprint density at radius 1 is 1.38 bits per heavy atom. The van der Waals surface area contributed by atoms with Gasteiger partial charge in [0.2, 0.25) is 5.91 Å². The Morgan fingerprint density at radius 2 is 2.10 bits per heavy atom. The summed E-state index contributed by atoms with van der Waals surface area (Å²) >= 11 is 0. The van der Waals surface area contributed by atoms with Gasteiger partial charge in [-0.05, 0) is 18.6 Å². The lowest BCUT2D eigenvalue weighted by Crippen LogP contribution is -2.42. The molecule has 1 atom stereocenters. The lowest BCUT2D eigenvalue weighted by atomic mass is 10.2. The van der Waals surface area contributed by atoms with Crippen LogP contribution >= 0.6 is 0 Å². The van der Waals surface area contributed by atoms with Crippen LogP contribution in [-0.2, 0) is 16.1 Å². The van der Waals surface area contributed by atoms with Crippen LogP contribution in [0.1, 0.15) is 19.8 Å². The van der Waals surface area contributed by atoms with Crippen LogP contribution in [-0.4, -0.2) is 44.5 Å². The number of nitrogens with zero attached hydrogens (tertiary/aromatic N) is 3. The van der Waals surface area contributed by atoms with Gasteiger partial charge in [-0.1, -0.05) is 19.1 Å². The third kappa shape index (κ3) is 3.21. The second-order valence-corrected chi connectivity index (χ2v) is 4.94. The molecule has 2 rings (SSSR count). The fourth-order valence-electron chi connectivity index (χ4n) is 2.37. The van der Waals surface area contributed by atoms with E-state index in [1.54, 1.807) is 13.3 Å². The summed E-state index contributed by atoms with van der Waals surface area (Å²) in [5.74, 6) is -1.15. The van der Waals surface area contributed by atoms with Gasteiger partial charge in [-0.15, -0.1) is 0 Å². The van der Waals surface area contributed by atoms with Gasteiger partial charge in [0.05, 0.1) is 17.4 Å². The zero-order valence-corrected chi connectivity index (χ0v) is 12.2. The molecule has 0 saturated carbocycles. The molecule has 1 amide bonds. The predicted octanol–water partition coefficient (Wildman–Crippen LogP) is 1.75. The first-order valence-corrected chi connectivity index (χ1v) is 6.93. The van der Waals surface area contributed by atoms with Crippen molar-refractivity contribution in [2.45, 2.75) is 32.4 Å². The summed E-state index contributed by atoms with van der Waals surface area (Å²) in [5, 5.41) is 9.08. The minimum Gasteiger partial charge on any atom is -0.480 e. The summed E-state index contributed by atoms with van der Waals surface area (Å²) in [6, 6.07) is 6.93. The standard InChI is InChI=1S/C15H19N3O3/c1-3-12(15(20)21)17(2)14(19)8-9-18-10-16-11-6-4-5-7-13(11)18/h4-7,10,12H,3,8-9H2,1-2H3,(H,20,21). The largest absolute Gasteiger partial charge is 0.480 e. The minimum absolute atomic E-state index is 0.179. The van der Waals surface area contributed by atoms with Crippen LogP contribution in [0.25, 0.3) is 11.0 Å². The van der Waals surface area contributed by atoms with Crippen LogP contribution in [0.5, 0.6) is 0 Å². The van der Waals surface area contributed by atoms with Gasteiger partial charge in [0.15, 0.2) is 0 Å². The molecule has 0 radical (unpaired) electrons. The number of hydrogen-bond acceptors (Lipinski definition) is 3. The highest BCUT2D eigenvalue weighted by Crippen LogP contribution is 2.13. The number of benzene rings is 1. The number of carbonyl (C=O) groups is 2. The second-order valence-electron chi connectivity index (χ2n) is 4.94. The second kappa shape index (κ2) is 6.39. The van der Waals surface area contributed by atoms with Crippen molar-refractivity contribution in [2.24, 2.45) is 0 Å². The number of para-hydroxylation sites is 2. The van der Waals surface area contributed by atoms with Crippen LogP contribution in [0.3, 0.4) is 0 Å². The molecule has 21 heavy (non-hydrogen) atoms. The summed E-state index contributed by atoms with van der Waals surface area (Å²) in [6.07, 6.45) is 2.35. The van der Waals surface area contributed by atoms with E-state index >= 15 is 0 Å². The Bertz CT molecular complexity index is 650. The van der Waals surface area contributed by atoms with E-state index in [4.69, 9.17) is 5.11 Å². The highest BCUT2D eigenvalue weighted by atomic mass is 16.4. The van der Waals surface area contributed by atoms with Crippen molar-refractivity contribution in [3.63, 3.8) is 0 Å². The number of likely N-dealkylation sites (N-methyl/N-ethyl adjacent to an activating group) is 1. The summed E-state index contributed by atoms with van der Waals surface area (Å²) in [4.78, 5) is 28.8. The molecule has 6 nitrogen and oxygen atoms in total. The van der Waals surface area contributed by atoms with Crippen molar-refractivity contribution in [2.75, 3.05) is 7.05 Å². The number of aryl methyl sites for hydroxylation is 1. The molecule has 1 aromatic heterocycles. The SMILES string of the molecule is CCC(C(=O)O)N(C)C(=O)CCn1cnc2ccccc21. The smallest absolute Gasteiger partial charge is 0.326 e. The molecular formula is C15H19N3O3. The lowest BCUT2D eigenvalue weighted by molar-refractivity contribution is -0.149. The van der Waals surface area contributed by atoms with Crippen LogP contribution in [0, 0.1) is 0 Å². The number of imidazole rings is 1. The van der Waals surface area contributed by atoms with E-state index in [1.807, 2.05) is 28.8 Å². The number of carboxylic acids is 1. The monoisotopic (exact) mass is 289 g/mol. The van der Waals surface area contributed by atoms with E-state index in [0.29, 0.717) is 13.0 Å². The van der Waals surface area contributed by atoms with Gasteiger partial charge in [0.1, 0.15) is 6.04 Å². The molecule has 1 aromatic carbocycles. The van der Waals surface area contributed by atoms with Gasteiger partial charge in [0, 0.05) is 20.0 Å². The van der Waals surface area contributed by atoms with Crippen molar-refractivity contribution in [3.8, 4) is 0 Å². The van der Waals surface area contributed by atoms with Crippen molar-refractivity contribution in [3.05, 3.63) is 30.6 Å². The number of hydrogen-bond donors (Lipinski definition) is 1. The maximum atomic E-state index is 12.1. The van der Waals surface area contributed by atoms with Gasteiger partial charge >= 0.3 is 5.97 Å². The van der Waals surface area contributed by atoms with Gasteiger partial charge in [-0.3, -0.25) is 4.79 Å². The van der Waals surface area contributed by atoms with E-state index < -0.39 is 12.0 Å². The minimum atomic E-state index is -0.971. The topological polar surface area (TPSA) is 75.4 Å². The number of amides is 1. The molecular weight excluding hydrogens is 270 g/mol. The highest BCUT2D eigenvalue weighted by molar-refractivity contribution is 5.83. The average Bonchev–Trinajstić information content (AvgIpc) is 2.88. The summed E-state index contributed by atoms with van der Waals surface area (Å²) < 4.78 is 1.91. The quantitative estimate of drug-likeness (QED) is 0.879. The van der Waals surface area contributed by atoms with Gasteiger partial charge in [-0.25, -0.2) is 9.78 Å². The summed E-state index contributed by atoms with van der Waals surface area (Å²) in [5.41, 5.74) is 1.86. The number of fused-ring (bicyclic) bond motifs is 1. The van der Waals surface area contributed by atoms with Crippen molar-refractivity contribution < 1.29 is 14.7 Å². The average molecular weight is 289 g/mol. The molecule has 1 unspecified atom stereocenters. The lowest BCUT2D eigenvalue weighted by Gasteiger charge is -2.23. The molecule has 0 aliphatic carbocycles. The Labute approximate surface area is 123 Å². The summed E-state index contributed by atoms with van der Waals surface area (Å²) in [7, 11) is 1.54. The molecule has 0 bridgehead atoms. The first-order valence-electron chi connectivity index (χ1n) is 6.93. The summed E-state index contributed by atoms with van der Waals surface area (Å²) in [6.45, 7) is 2.24. The molecule has 0 aliphatic rings. The first-order chi connectivity index (χ1) is 10.0. The number of rotatable bonds is 6. The number of aliphatic carboxylic acids is 1. The van der Waals surface area contributed by atoms with Crippen molar-refractivity contribution in [1.82, 2.24) is 14.5 Å². The molecule has 0 fully saturated rings. The van der Waals surface area contributed by atoms with E-state index in [0.717, 1.165) is 11.0 Å². The molecule has 1 heterocycles. The molecule has 6 heteroatoms. The predicted molar refractivity (Wildman–Crippen MR) is 78.8 cm³/mol. The van der Waals surface area contributed by atoms with Crippen LogP contribution < -0.4 is 0 Å². The molecule has 0 spiro atoms. The van der Waals surface area contributed by atoms with E-state index in [-0.39, 0.29) is 12.3 Å². The molecule has 0 saturated heterocycles.